The van der Waals surface area contributed by atoms with E-state index in [1.807, 2.05) is 41.1 Å². The van der Waals surface area contributed by atoms with Gasteiger partial charge in [-0.1, -0.05) is 11.6 Å². The molecule has 1 aliphatic rings. The summed E-state index contributed by atoms with van der Waals surface area (Å²) in [6, 6.07) is 11.6. The molecule has 210 valence electrons. The maximum absolute atomic E-state index is 11.5. The highest BCUT2D eigenvalue weighted by Crippen LogP contribution is 2.35. The van der Waals surface area contributed by atoms with Crippen molar-refractivity contribution in [2.75, 3.05) is 33.3 Å². The number of anilines is 1. The number of fused-ring (bicyclic) bond motifs is 1. The number of aldehydes is 1. The van der Waals surface area contributed by atoms with Crippen molar-refractivity contribution < 1.29 is 23.7 Å². The van der Waals surface area contributed by atoms with Gasteiger partial charge in [-0.2, -0.15) is 0 Å². The predicted molar refractivity (Wildman–Crippen MR) is 149 cm³/mol. The number of ether oxygens (including phenoxy) is 4. The Bertz CT molecular complexity index is 1420. The number of methoxy groups -OCH3 is 4. The second kappa shape index (κ2) is 12.2. The zero-order valence-electron chi connectivity index (χ0n) is 23.2. The molecule has 2 heterocycles. The van der Waals surface area contributed by atoms with E-state index in [0.29, 0.717) is 53.1 Å². The van der Waals surface area contributed by atoms with Crippen LogP contribution in [0.3, 0.4) is 0 Å². The van der Waals surface area contributed by atoms with Gasteiger partial charge >= 0.3 is 0 Å². The van der Waals surface area contributed by atoms with Crippen LogP contribution in [0, 0.1) is 5.92 Å². The predicted octanol–water partition coefficient (Wildman–Crippen LogP) is 4.39. The van der Waals surface area contributed by atoms with Gasteiger partial charge in [0.15, 0.2) is 17.0 Å². The Morgan fingerprint density at radius 3 is 2.12 bits per heavy atom. The fraction of sp³-hybridized carbons (Fsp3) is 0.414. The second-order valence-electron chi connectivity index (χ2n) is 9.83. The summed E-state index contributed by atoms with van der Waals surface area (Å²) in [6.45, 7) is 0.913. The SMILES string of the molecule is COc1ccc(CN(Cc2ccc(OC)cc2OC)c2ncnc3c2nnn3C2CCCC(C=O)C2)c(OC)c1. The van der Waals surface area contributed by atoms with Crippen molar-refractivity contribution in [1.82, 2.24) is 25.0 Å². The third kappa shape index (κ3) is 5.49. The number of benzene rings is 2. The van der Waals surface area contributed by atoms with Crippen LogP contribution in [0.5, 0.6) is 23.0 Å². The molecule has 0 aliphatic heterocycles. The molecule has 2 aromatic heterocycles. The van der Waals surface area contributed by atoms with Crippen molar-refractivity contribution in [2.24, 2.45) is 5.92 Å². The van der Waals surface area contributed by atoms with E-state index in [0.717, 1.165) is 43.1 Å². The Hall–Kier alpha value is -4.41. The van der Waals surface area contributed by atoms with E-state index in [9.17, 15) is 4.79 Å². The molecule has 0 N–H and O–H groups in total. The van der Waals surface area contributed by atoms with Crippen LogP contribution in [0.15, 0.2) is 42.7 Å². The monoisotopic (exact) mass is 546 g/mol. The van der Waals surface area contributed by atoms with Gasteiger partial charge in [-0.3, -0.25) is 0 Å². The quantitative estimate of drug-likeness (QED) is 0.251. The molecule has 11 heteroatoms. The smallest absolute Gasteiger partial charge is 0.184 e. The molecule has 2 unspecified atom stereocenters. The molecule has 2 atom stereocenters. The third-order valence-corrected chi connectivity index (χ3v) is 7.48. The Morgan fingerprint density at radius 2 is 1.55 bits per heavy atom. The Balaban J connectivity index is 1.57. The first-order chi connectivity index (χ1) is 19.6. The summed E-state index contributed by atoms with van der Waals surface area (Å²) in [5.74, 6) is 3.47. The van der Waals surface area contributed by atoms with Crippen molar-refractivity contribution >= 4 is 23.3 Å². The zero-order chi connectivity index (χ0) is 28.1. The molecule has 1 fully saturated rings. The summed E-state index contributed by atoms with van der Waals surface area (Å²) < 4.78 is 24.1. The van der Waals surface area contributed by atoms with Crippen molar-refractivity contribution in [3.05, 3.63) is 53.9 Å². The zero-order valence-corrected chi connectivity index (χ0v) is 23.2. The Labute approximate surface area is 233 Å². The van der Waals surface area contributed by atoms with E-state index in [1.54, 1.807) is 34.8 Å². The fourth-order valence-corrected chi connectivity index (χ4v) is 5.36. The number of hydrogen-bond acceptors (Lipinski definition) is 10. The highest BCUT2D eigenvalue weighted by molar-refractivity contribution is 5.82. The average Bonchev–Trinajstić information content (AvgIpc) is 3.45. The summed E-state index contributed by atoms with van der Waals surface area (Å²) in [5.41, 5.74) is 3.12. The van der Waals surface area contributed by atoms with Gasteiger partial charge in [0.05, 0.1) is 34.5 Å². The van der Waals surface area contributed by atoms with Crippen LogP contribution in [0.25, 0.3) is 11.2 Å². The van der Waals surface area contributed by atoms with Crippen LogP contribution in [0.2, 0.25) is 0 Å². The normalized spacial score (nSPS) is 16.9. The van der Waals surface area contributed by atoms with Gasteiger partial charge in [-0.05, 0) is 43.5 Å². The minimum atomic E-state index is 0.0286. The lowest BCUT2D eigenvalue weighted by atomic mass is 9.87. The van der Waals surface area contributed by atoms with Crippen molar-refractivity contribution in [3.8, 4) is 23.0 Å². The van der Waals surface area contributed by atoms with Gasteiger partial charge < -0.3 is 28.6 Å². The fourth-order valence-electron chi connectivity index (χ4n) is 5.36. The van der Waals surface area contributed by atoms with Gasteiger partial charge in [0, 0.05) is 42.3 Å². The molecular weight excluding hydrogens is 512 g/mol. The van der Waals surface area contributed by atoms with Crippen LogP contribution in [-0.2, 0) is 17.9 Å². The second-order valence-corrected chi connectivity index (χ2v) is 9.83. The van der Waals surface area contributed by atoms with E-state index in [-0.39, 0.29) is 12.0 Å². The maximum Gasteiger partial charge on any atom is 0.184 e. The van der Waals surface area contributed by atoms with E-state index in [2.05, 4.69) is 25.2 Å². The van der Waals surface area contributed by atoms with Gasteiger partial charge in [0.25, 0.3) is 0 Å². The maximum atomic E-state index is 11.5. The molecule has 0 spiro atoms. The van der Waals surface area contributed by atoms with Crippen molar-refractivity contribution in [2.45, 2.75) is 44.8 Å². The lowest BCUT2D eigenvalue weighted by Crippen LogP contribution is -2.24. The highest BCUT2D eigenvalue weighted by atomic mass is 16.5. The lowest BCUT2D eigenvalue weighted by Gasteiger charge is -2.27. The van der Waals surface area contributed by atoms with Crippen LogP contribution in [0.4, 0.5) is 5.82 Å². The molecule has 0 saturated heterocycles. The number of rotatable bonds is 11. The largest absolute Gasteiger partial charge is 0.497 e. The Kier molecular flexibility index (Phi) is 8.28. The van der Waals surface area contributed by atoms with Crippen molar-refractivity contribution in [1.29, 1.82) is 0 Å². The van der Waals surface area contributed by atoms with E-state index >= 15 is 0 Å². The molecule has 1 aliphatic carbocycles. The molecule has 0 bridgehead atoms. The minimum absolute atomic E-state index is 0.0286. The Morgan fingerprint density at radius 1 is 0.900 bits per heavy atom. The molecular formula is C29H34N6O5. The average molecular weight is 547 g/mol. The molecule has 5 rings (SSSR count). The van der Waals surface area contributed by atoms with E-state index in [4.69, 9.17) is 18.9 Å². The number of hydrogen-bond donors (Lipinski definition) is 0. The van der Waals surface area contributed by atoms with Crippen LogP contribution in [-0.4, -0.2) is 59.7 Å². The lowest BCUT2D eigenvalue weighted by molar-refractivity contribution is -0.112. The first kappa shape index (κ1) is 27.2. The number of aromatic nitrogens is 5. The minimum Gasteiger partial charge on any atom is -0.497 e. The molecule has 2 aromatic carbocycles. The number of carbonyl (C=O) groups is 1. The molecule has 40 heavy (non-hydrogen) atoms. The van der Waals surface area contributed by atoms with Crippen LogP contribution >= 0.6 is 0 Å². The summed E-state index contributed by atoms with van der Waals surface area (Å²) in [7, 11) is 6.53. The molecule has 4 aromatic rings. The summed E-state index contributed by atoms with van der Waals surface area (Å²) in [6.07, 6.45) is 6.13. The summed E-state index contributed by atoms with van der Waals surface area (Å²) in [4.78, 5) is 22.9. The van der Waals surface area contributed by atoms with E-state index in [1.165, 1.54) is 0 Å². The van der Waals surface area contributed by atoms with Gasteiger partial charge in [0.2, 0.25) is 0 Å². The number of carbonyl (C=O) groups excluding carboxylic acids is 1. The van der Waals surface area contributed by atoms with E-state index < -0.39 is 0 Å². The molecule has 1 saturated carbocycles. The van der Waals surface area contributed by atoms with Gasteiger partial charge in [0.1, 0.15) is 35.6 Å². The highest BCUT2D eigenvalue weighted by Gasteiger charge is 2.27. The topological polar surface area (TPSA) is 114 Å². The van der Waals surface area contributed by atoms with Crippen molar-refractivity contribution in [3.63, 3.8) is 0 Å². The summed E-state index contributed by atoms with van der Waals surface area (Å²) >= 11 is 0. The van der Waals surface area contributed by atoms with Crippen LogP contribution < -0.4 is 23.8 Å². The van der Waals surface area contributed by atoms with Gasteiger partial charge in [-0.25, -0.2) is 14.6 Å². The first-order valence-electron chi connectivity index (χ1n) is 13.3. The molecule has 0 radical (unpaired) electrons. The third-order valence-electron chi connectivity index (χ3n) is 7.48. The van der Waals surface area contributed by atoms with Crippen LogP contribution in [0.1, 0.15) is 42.9 Å². The molecule has 11 nitrogen and oxygen atoms in total. The summed E-state index contributed by atoms with van der Waals surface area (Å²) in [5, 5.41) is 9.04. The van der Waals surface area contributed by atoms with Gasteiger partial charge in [-0.15, -0.1) is 5.10 Å². The standard InChI is InChI=1S/C29H34N6O5/c1-37-23-10-8-20(25(13-23)39-3)15-34(16-21-9-11-24(38-2)14-26(21)40-4)28-27-29(31-18-30-28)35(33-32-27)22-7-5-6-19(12-22)17-36/h8-11,13-14,17-19,22H,5-7,12,15-16H2,1-4H3. The number of nitrogens with zero attached hydrogens (tertiary/aromatic N) is 6. The first-order valence-corrected chi connectivity index (χ1v) is 13.3. The molecule has 0 amide bonds.